The normalized spacial score (nSPS) is 17.8. The monoisotopic (exact) mass is 304 g/mol. The number of nitrogens with zero attached hydrogens (tertiary/aromatic N) is 1. The summed E-state index contributed by atoms with van der Waals surface area (Å²) in [6, 6.07) is 7.71. The van der Waals surface area contributed by atoms with Gasteiger partial charge in [0.1, 0.15) is 6.04 Å². The van der Waals surface area contributed by atoms with Crippen molar-refractivity contribution in [2.75, 3.05) is 20.3 Å². The second kappa shape index (κ2) is 7.94. The molecule has 1 aromatic carbocycles. The molecule has 5 nitrogen and oxygen atoms in total. The van der Waals surface area contributed by atoms with E-state index >= 15 is 0 Å². The van der Waals surface area contributed by atoms with Crippen molar-refractivity contribution in [2.24, 2.45) is 0 Å². The van der Waals surface area contributed by atoms with Gasteiger partial charge in [0.05, 0.1) is 0 Å². The summed E-state index contributed by atoms with van der Waals surface area (Å²) in [6.45, 7) is 3.73. The maximum atomic E-state index is 12.3. The minimum atomic E-state index is -0.351. The van der Waals surface area contributed by atoms with Gasteiger partial charge in [-0.25, -0.2) is 0 Å². The predicted molar refractivity (Wildman–Crippen MR) is 84.3 cm³/mol. The van der Waals surface area contributed by atoms with E-state index in [4.69, 9.17) is 4.74 Å². The van der Waals surface area contributed by atoms with Gasteiger partial charge in [0.25, 0.3) is 0 Å². The van der Waals surface area contributed by atoms with Crippen molar-refractivity contribution < 1.29 is 14.3 Å². The number of rotatable bonds is 7. The Morgan fingerprint density at radius 2 is 2.09 bits per heavy atom. The van der Waals surface area contributed by atoms with Crippen molar-refractivity contribution in [3.05, 3.63) is 35.4 Å². The van der Waals surface area contributed by atoms with E-state index in [0.29, 0.717) is 32.5 Å². The molecule has 1 aromatic rings. The van der Waals surface area contributed by atoms with E-state index < -0.39 is 0 Å². The molecule has 1 N–H and O–H groups in total. The van der Waals surface area contributed by atoms with Crippen LogP contribution in [0.15, 0.2) is 24.3 Å². The Labute approximate surface area is 131 Å². The minimum absolute atomic E-state index is 0.0533. The van der Waals surface area contributed by atoms with E-state index in [1.807, 2.05) is 31.2 Å². The highest BCUT2D eigenvalue weighted by molar-refractivity contribution is 5.90. The fraction of sp³-hybridized carbons (Fsp3) is 0.529. The van der Waals surface area contributed by atoms with Gasteiger partial charge in [-0.05, 0) is 25.3 Å². The largest absolute Gasteiger partial charge is 0.385 e. The topological polar surface area (TPSA) is 58.6 Å². The molecule has 0 saturated carbocycles. The maximum absolute atomic E-state index is 12.3. The van der Waals surface area contributed by atoms with Gasteiger partial charge in [-0.15, -0.1) is 0 Å². The summed E-state index contributed by atoms with van der Waals surface area (Å²) in [6.07, 6.45) is 1.82. The molecule has 1 heterocycles. The van der Waals surface area contributed by atoms with Gasteiger partial charge in [-0.1, -0.05) is 29.8 Å². The fourth-order valence-electron chi connectivity index (χ4n) is 2.64. The molecule has 120 valence electrons. The molecule has 0 aliphatic carbocycles. The molecule has 0 spiro atoms. The van der Waals surface area contributed by atoms with Crippen molar-refractivity contribution in [2.45, 2.75) is 38.8 Å². The molecule has 1 atom stereocenters. The first-order valence-corrected chi connectivity index (χ1v) is 7.73. The zero-order valence-corrected chi connectivity index (χ0v) is 13.3. The SMILES string of the molecule is COCCCNC(=O)C1CCC(=O)N1Cc1ccc(C)cc1. The van der Waals surface area contributed by atoms with Crippen molar-refractivity contribution in [3.8, 4) is 0 Å². The summed E-state index contributed by atoms with van der Waals surface area (Å²) < 4.78 is 4.96. The number of amides is 2. The highest BCUT2D eigenvalue weighted by atomic mass is 16.5. The smallest absolute Gasteiger partial charge is 0.242 e. The third-order valence-corrected chi connectivity index (χ3v) is 3.93. The van der Waals surface area contributed by atoms with Gasteiger partial charge >= 0.3 is 0 Å². The van der Waals surface area contributed by atoms with Crippen LogP contribution in [0.1, 0.15) is 30.4 Å². The second-order valence-corrected chi connectivity index (χ2v) is 5.70. The average molecular weight is 304 g/mol. The standard InChI is InChI=1S/C17H24N2O3/c1-13-4-6-14(7-5-13)12-19-15(8-9-16(19)20)17(21)18-10-3-11-22-2/h4-7,15H,3,8-12H2,1-2H3,(H,18,21). The molecule has 2 amide bonds. The molecule has 0 bridgehead atoms. The first-order chi connectivity index (χ1) is 10.6. The highest BCUT2D eigenvalue weighted by Gasteiger charge is 2.35. The lowest BCUT2D eigenvalue weighted by molar-refractivity contribution is -0.135. The number of benzene rings is 1. The van der Waals surface area contributed by atoms with Crippen LogP contribution in [0, 0.1) is 6.92 Å². The number of hydrogen-bond acceptors (Lipinski definition) is 3. The van der Waals surface area contributed by atoms with Gasteiger partial charge in [0.15, 0.2) is 0 Å². The highest BCUT2D eigenvalue weighted by Crippen LogP contribution is 2.21. The molecule has 1 saturated heterocycles. The van der Waals surface area contributed by atoms with Gasteiger partial charge in [-0.2, -0.15) is 0 Å². The lowest BCUT2D eigenvalue weighted by atomic mass is 10.1. The average Bonchev–Trinajstić information content (AvgIpc) is 2.87. The molecule has 1 fully saturated rings. The first-order valence-electron chi connectivity index (χ1n) is 7.73. The molecule has 1 aliphatic rings. The summed E-state index contributed by atoms with van der Waals surface area (Å²) >= 11 is 0. The Morgan fingerprint density at radius 3 is 2.77 bits per heavy atom. The number of ether oxygens (including phenoxy) is 1. The van der Waals surface area contributed by atoms with E-state index in [9.17, 15) is 9.59 Å². The number of methoxy groups -OCH3 is 1. The number of carbonyl (C=O) groups is 2. The van der Waals surface area contributed by atoms with Crippen LogP contribution in [0.3, 0.4) is 0 Å². The molecule has 2 rings (SSSR count). The fourth-order valence-corrected chi connectivity index (χ4v) is 2.64. The van der Waals surface area contributed by atoms with Gasteiger partial charge in [-0.3, -0.25) is 9.59 Å². The van der Waals surface area contributed by atoms with Crippen molar-refractivity contribution in [1.82, 2.24) is 10.2 Å². The maximum Gasteiger partial charge on any atom is 0.242 e. The zero-order valence-electron chi connectivity index (χ0n) is 13.3. The number of hydrogen-bond donors (Lipinski definition) is 1. The Morgan fingerprint density at radius 1 is 1.36 bits per heavy atom. The summed E-state index contributed by atoms with van der Waals surface area (Å²) in [4.78, 5) is 26.0. The minimum Gasteiger partial charge on any atom is -0.385 e. The quantitative estimate of drug-likeness (QED) is 0.779. The zero-order chi connectivity index (χ0) is 15.9. The van der Waals surface area contributed by atoms with E-state index in [1.54, 1.807) is 12.0 Å². The van der Waals surface area contributed by atoms with E-state index in [-0.39, 0.29) is 17.9 Å². The molecule has 22 heavy (non-hydrogen) atoms. The Kier molecular flexibility index (Phi) is 5.95. The summed E-state index contributed by atoms with van der Waals surface area (Å²) in [7, 11) is 1.64. The number of nitrogens with one attached hydrogen (secondary N) is 1. The number of carbonyl (C=O) groups excluding carboxylic acids is 2. The van der Waals surface area contributed by atoms with Gasteiger partial charge in [0.2, 0.25) is 11.8 Å². The molecule has 1 unspecified atom stereocenters. The Bertz CT molecular complexity index is 513. The Hall–Kier alpha value is -1.88. The van der Waals surface area contributed by atoms with Crippen molar-refractivity contribution in [1.29, 1.82) is 0 Å². The summed E-state index contributed by atoms with van der Waals surface area (Å²) in [5.41, 5.74) is 2.24. The lowest BCUT2D eigenvalue weighted by Gasteiger charge is -2.24. The van der Waals surface area contributed by atoms with E-state index in [0.717, 1.165) is 12.0 Å². The summed E-state index contributed by atoms with van der Waals surface area (Å²) in [5.74, 6) is -0.00770. The molecule has 0 aromatic heterocycles. The molecule has 0 radical (unpaired) electrons. The van der Waals surface area contributed by atoms with Crippen LogP contribution in [0.4, 0.5) is 0 Å². The van der Waals surface area contributed by atoms with Crippen LogP contribution < -0.4 is 5.32 Å². The summed E-state index contributed by atoms with van der Waals surface area (Å²) in [5, 5.41) is 2.89. The first kappa shape index (κ1) is 16.5. The third kappa shape index (κ3) is 4.31. The van der Waals surface area contributed by atoms with Crippen LogP contribution in [0.25, 0.3) is 0 Å². The third-order valence-electron chi connectivity index (χ3n) is 3.93. The van der Waals surface area contributed by atoms with E-state index in [1.165, 1.54) is 5.56 Å². The molecular formula is C17H24N2O3. The molecular weight excluding hydrogens is 280 g/mol. The lowest BCUT2D eigenvalue weighted by Crippen LogP contribution is -2.44. The predicted octanol–water partition coefficient (Wildman–Crippen LogP) is 1.64. The number of likely N-dealkylation sites (tertiary alicyclic amines) is 1. The van der Waals surface area contributed by atoms with E-state index in [2.05, 4.69) is 5.32 Å². The van der Waals surface area contributed by atoms with Crippen molar-refractivity contribution >= 4 is 11.8 Å². The second-order valence-electron chi connectivity index (χ2n) is 5.70. The van der Waals surface area contributed by atoms with Gasteiger partial charge < -0.3 is 15.0 Å². The van der Waals surface area contributed by atoms with Crippen LogP contribution in [0.2, 0.25) is 0 Å². The van der Waals surface area contributed by atoms with Gasteiger partial charge in [0, 0.05) is 33.2 Å². The van der Waals surface area contributed by atoms with Crippen LogP contribution in [0.5, 0.6) is 0 Å². The number of aryl methyl sites for hydroxylation is 1. The van der Waals surface area contributed by atoms with Crippen LogP contribution in [-0.2, 0) is 20.9 Å². The molecule has 5 heteroatoms. The van der Waals surface area contributed by atoms with Crippen LogP contribution >= 0.6 is 0 Å². The van der Waals surface area contributed by atoms with Crippen LogP contribution in [-0.4, -0.2) is 43.0 Å². The molecule has 1 aliphatic heterocycles. The Balaban J connectivity index is 1.93. The van der Waals surface area contributed by atoms with Crippen molar-refractivity contribution in [3.63, 3.8) is 0 Å².